The second-order valence-corrected chi connectivity index (χ2v) is 6.30. The van der Waals surface area contributed by atoms with Gasteiger partial charge in [0.1, 0.15) is 4.90 Å². The number of aryl methyl sites for hydroxylation is 1. The van der Waals surface area contributed by atoms with Gasteiger partial charge in [-0.05, 0) is 29.3 Å². The van der Waals surface area contributed by atoms with Crippen LogP contribution in [0.1, 0.15) is 17.4 Å². The summed E-state index contributed by atoms with van der Waals surface area (Å²) in [4.78, 5) is 0.0972. The summed E-state index contributed by atoms with van der Waals surface area (Å²) in [6.07, 6.45) is 0.396. The van der Waals surface area contributed by atoms with Crippen LogP contribution in [0, 0.1) is 6.92 Å². The van der Waals surface area contributed by atoms with Gasteiger partial charge in [0.05, 0.1) is 18.0 Å². The highest BCUT2D eigenvalue weighted by molar-refractivity contribution is 7.89. The van der Waals surface area contributed by atoms with Gasteiger partial charge in [-0.3, -0.25) is 5.10 Å². The van der Waals surface area contributed by atoms with E-state index < -0.39 is 16.1 Å². The molecule has 0 saturated heterocycles. The summed E-state index contributed by atoms with van der Waals surface area (Å²) >= 11 is 1.45. The van der Waals surface area contributed by atoms with E-state index in [2.05, 4.69) is 14.9 Å². The van der Waals surface area contributed by atoms with E-state index in [9.17, 15) is 13.5 Å². The highest BCUT2D eigenvalue weighted by Gasteiger charge is 2.20. The first-order chi connectivity index (χ1) is 8.50. The highest BCUT2D eigenvalue weighted by Crippen LogP contribution is 2.17. The number of aromatic amines is 1. The van der Waals surface area contributed by atoms with Gasteiger partial charge in [0.25, 0.3) is 0 Å². The van der Waals surface area contributed by atoms with Crippen LogP contribution in [0.25, 0.3) is 0 Å². The zero-order chi connectivity index (χ0) is 13.2. The third-order valence-electron chi connectivity index (χ3n) is 2.47. The van der Waals surface area contributed by atoms with Gasteiger partial charge in [-0.15, -0.1) is 0 Å². The lowest BCUT2D eigenvalue weighted by Gasteiger charge is -2.10. The third-order valence-corrected chi connectivity index (χ3v) is 4.71. The number of aliphatic hydroxyl groups is 1. The van der Waals surface area contributed by atoms with E-state index in [4.69, 9.17) is 0 Å². The summed E-state index contributed by atoms with van der Waals surface area (Å²) in [6, 6.07) is 1.76. The van der Waals surface area contributed by atoms with E-state index in [0.29, 0.717) is 11.3 Å². The summed E-state index contributed by atoms with van der Waals surface area (Å²) in [5, 5.41) is 19.6. The molecule has 2 aromatic heterocycles. The number of sulfonamides is 1. The average molecular weight is 287 g/mol. The molecule has 0 amide bonds. The van der Waals surface area contributed by atoms with Crippen molar-refractivity contribution < 1.29 is 13.5 Å². The topological polar surface area (TPSA) is 95.1 Å². The molecule has 2 aromatic rings. The Morgan fingerprint density at radius 3 is 2.94 bits per heavy atom. The van der Waals surface area contributed by atoms with E-state index in [-0.39, 0.29) is 11.4 Å². The lowest BCUT2D eigenvalue weighted by atomic mass is 10.2. The fourth-order valence-corrected chi connectivity index (χ4v) is 3.34. The van der Waals surface area contributed by atoms with Crippen LogP contribution in [-0.4, -0.2) is 30.3 Å². The molecule has 98 valence electrons. The second-order valence-electron chi connectivity index (χ2n) is 3.78. The molecule has 1 unspecified atom stereocenters. The molecule has 0 aliphatic carbocycles. The second kappa shape index (κ2) is 5.19. The first-order valence-corrected chi connectivity index (χ1v) is 7.63. The molecule has 8 heteroatoms. The van der Waals surface area contributed by atoms with E-state index in [1.807, 2.05) is 5.38 Å². The number of rotatable bonds is 5. The molecule has 0 bridgehead atoms. The Morgan fingerprint density at radius 1 is 1.61 bits per heavy atom. The quantitative estimate of drug-likeness (QED) is 0.757. The van der Waals surface area contributed by atoms with Crippen LogP contribution in [0.4, 0.5) is 0 Å². The monoisotopic (exact) mass is 287 g/mol. The van der Waals surface area contributed by atoms with E-state index in [1.165, 1.54) is 17.5 Å². The number of nitrogens with zero attached hydrogens (tertiary/aromatic N) is 1. The maximum absolute atomic E-state index is 11.9. The summed E-state index contributed by atoms with van der Waals surface area (Å²) in [5.41, 5.74) is 1.17. The zero-order valence-corrected chi connectivity index (χ0v) is 11.3. The van der Waals surface area contributed by atoms with Crippen LogP contribution < -0.4 is 4.72 Å². The minimum atomic E-state index is -3.63. The van der Waals surface area contributed by atoms with Crippen molar-refractivity contribution in [1.29, 1.82) is 0 Å². The fraction of sp³-hybridized carbons (Fsp3) is 0.300. The van der Waals surface area contributed by atoms with Gasteiger partial charge in [0, 0.05) is 6.54 Å². The minimum absolute atomic E-state index is 0.0658. The largest absolute Gasteiger partial charge is 0.387 e. The van der Waals surface area contributed by atoms with Gasteiger partial charge in [0.15, 0.2) is 0 Å². The molecule has 2 rings (SSSR count). The molecule has 0 aliphatic heterocycles. The molecule has 3 N–H and O–H groups in total. The number of aliphatic hydroxyl groups excluding tert-OH is 1. The van der Waals surface area contributed by atoms with Gasteiger partial charge >= 0.3 is 0 Å². The number of hydrogen-bond donors (Lipinski definition) is 3. The van der Waals surface area contributed by atoms with Crippen molar-refractivity contribution in [2.24, 2.45) is 0 Å². The Labute approximate surface area is 109 Å². The molecule has 1 atom stereocenters. The lowest BCUT2D eigenvalue weighted by Crippen LogP contribution is -2.28. The van der Waals surface area contributed by atoms with Gasteiger partial charge in [-0.2, -0.15) is 16.4 Å². The number of H-pyrrole nitrogens is 1. The Morgan fingerprint density at radius 2 is 2.39 bits per heavy atom. The van der Waals surface area contributed by atoms with Crippen LogP contribution >= 0.6 is 11.3 Å². The summed E-state index contributed by atoms with van der Waals surface area (Å²) < 4.78 is 26.2. The number of thiophene rings is 1. The van der Waals surface area contributed by atoms with Crippen molar-refractivity contribution in [3.05, 3.63) is 34.3 Å². The van der Waals surface area contributed by atoms with E-state index >= 15 is 0 Å². The number of aromatic nitrogens is 2. The molecule has 0 spiro atoms. The van der Waals surface area contributed by atoms with E-state index in [0.717, 1.165) is 0 Å². The lowest BCUT2D eigenvalue weighted by molar-refractivity contribution is 0.182. The van der Waals surface area contributed by atoms with Crippen LogP contribution in [0.3, 0.4) is 0 Å². The number of nitrogens with one attached hydrogen (secondary N) is 2. The van der Waals surface area contributed by atoms with Gasteiger partial charge in [-0.25, -0.2) is 13.1 Å². The van der Waals surface area contributed by atoms with Crippen molar-refractivity contribution in [1.82, 2.24) is 14.9 Å². The van der Waals surface area contributed by atoms with Crippen LogP contribution in [0.2, 0.25) is 0 Å². The Balaban J connectivity index is 2.04. The van der Waals surface area contributed by atoms with E-state index in [1.54, 1.807) is 18.4 Å². The van der Waals surface area contributed by atoms with Crippen LogP contribution in [0.5, 0.6) is 0 Å². The highest BCUT2D eigenvalue weighted by atomic mass is 32.2. The van der Waals surface area contributed by atoms with Gasteiger partial charge < -0.3 is 5.11 Å². The molecule has 2 heterocycles. The van der Waals surface area contributed by atoms with Gasteiger partial charge in [0.2, 0.25) is 10.0 Å². The molecule has 0 fully saturated rings. The average Bonchev–Trinajstić information content (AvgIpc) is 2.96. The normalized spacial score (nSPS) is 13.7. The molecule has 0 aliphatic rings. The Hall–Kier alpha value is -1.22. The third kappa shape index (κ3) is 2.78. The zero-order valence-electron chi connectivity index (χ0n) is 9.62. The molecular formula is C10H13N3O3S2. The van der Waals surface area contributed by atoms with Crippen molar-refractivity contribution in [3.63, 3.8) is 0 Å². The maximum atomic E-state index is 11.9. The molecule has 0 radical (unpaired) electrons. The van der Waals surface area contributed by atoms with Crippen LogP contribution in [-0.2, 0) is 10.0 Å². The summed E-state index contributed by atoms with van der Waals surface area (Å²) in [7, 11) is -3.63. The van der Waals surface area contributed by atoms with Crippen molar-refractivity contribution in [2.75, 3.05) is 6.54 Å². The Bertz CT molecular complexity index is 604. The summed E-state index contributed by atoms with van der Waals surface area (Å²) in [6.45, 7) is 1.56. The molecule has 0 saturated carbocycles. The first-order valence-electron chi connectivity index (χ1n) is 5.20. The van der Waals surface area contributed by atoms with Crippen LogP contribution in [0.15, 0.2) is 27.9 Å². The number of hydrogen-bond acceptors (Lipinski definition) is 5. The maximum Gasteiger partial charge on any atom is 0.244 e. The van der Waals surface area contributed by atoms with Crippen molar-refractivity contribution in [3.8, 4) is 0 Å². The molecule has 18 heavy (non-hydrogen) atoms. The van der Waals surface area contributed by atoms with Crippen molar-refractivity contribution in [2.45, 2.75) is 17.9 Å². The van der Waals surface area contributed by atoms with Gasteiger partial charge in [-0.1, -0.05) is 0 Å². The standard InChI is InChI=1S/C10H13N3O3S2/c1-7-10(5-11-13-7)18(15,16)12-4-9(14)8-2-3-17-6-8/h2-3,5-6,9,12,14H,4H2,1H3,(H,11,13). The predicted molar refractivity (Wildman–Crippen MR) is 67.8 cm³/mol. The molecular weight excluding hydrogens is 274 g/mol. The summed E-state index contributed by atoms with van der Waals surface area (Å²) in [5.74, 6) is 0. The molecule has 0 aromatic carbocycles. The van der Waals surface area contributed by atoms with Crippen molar-refractivity contribution >= 4 is 21.4 Å². The minimum Gasteiger partial charge on any atom is -0.387 e. The Kier molecular flexibility index (Phi) is 3.81. The fourth-order valence-electron chi connectivity index (χ4n) is 1.46. The smallest absolute Gasteiger partial charge is 0.244 e. The molecule has 6 nitrogen and oxygen atoms in total. The first kappa shape index (κ1) is 13.2. The predicted octanol–water partition coefficient (Wildman–Crippen LogP) is 0.792. The SMILES string of the molecule is Cc1[nH]ncc1S(=O)(=O)NCC(O)c1ccsc1.